The predicted molar refractivity (Wildman–Crippen MR) is 74.5 cm³/mol. The summed E-state index contributed by atoms with van der Waals surface area (Å²) in [6, 6.07) is 7.06. The Labute approximate surface area is 118 Å². The number of ether oxygens (including phenoxy) is 1. The highest BCUT2D eigenvalue weighted by Crippen LogP contribution is 2.21. The Bertz CT molecular complexity index is 475. The Morgan fingerprint density at radius 3 is 2.75 bits per heavy atom. The van der Waals surface area contributed by atoms with Gasteiger partial charge >= 0.3 is 5.97 Å². The number of aliphatic carboxylic acids is 1. The van der Waals surface area contributed by atoms with Gasteiger partial charge in [-0.2, -0.15) is 0 Å². The van der Waals surface area contributed by atoms with Crippen LogP contribution in [0.4, 0.5) is 0 Å². The van der Waals surface area contributed by atoms with Crippen LogP contribution >= 0.6 is 0 Å². The number of rotatable bonds is 5. The van der Waals surface area contributed by atoms with E-state index in [4.69, 9.17) is 9.84 Å². The number of aliphatic hydroxyl groups excluding tert-OH is 1. The van der Waals surface area contributed by atoms with Crippen LogP contribution in [-0.2, 0) is 16.1 Å². The average molecular weight is 279 g/mol. The lowest BCUT2D eigenvalue weighted by Crippen LogP contribution is -2.40. The van der Waals surface area contributed by atoms with Gasteiger partial charge in [-0.1, -0.05) is 38.1 Å². The van der Waals surface area contributed by atoms with Crippen molar-refractivity contribution in [2.45, 2.75) is 44.6 Å². The quantitative estimate of drug-likeness (QED) is 0.752. The van der Waals surface area contributed by atoms with Crippen LogP contribution in [0, 0.1) is 0 Å². The first-order valence-electron chi connectivity index (χ1n) is 6.84. The van der Waals surface area contributed by atoms with Crippen LogP contribution in [0.15, 0.2) is 24.3 Å². The van der Waals surface area contributed by atoms with Gasteiger partial charge in [-0.25, -0.2) is 0 Å². The number of carboxylic acids is 1. The van der Waals surface area contributed by atoms with Crippen molar-refractivity contribution < 1.29 is 19.7 Å². The van der Waals surface area contributed by atoms with Gasteiger partial charge < -0.3 is 14.9 Å². The van der Waals surface area contributed by atoms with Crippen LogP contribution in [0.5, 0.6) is 0 Å². The molecule has 5 heteroatoms. The van der Waals surface area contributed by atoms with Gasteiger partial charge in [-0.05, 0) is 17.0 Å². The van der Waals surface area contributed by atoms with Crippen molar-refractivity contribution in [3.05, 3.63) is 35.4 Å². The lowest BCUT2D eigenvalue weighted by molar-refractivity contribution is -0.142. The second-order valence-corrected chi connectivity index (χ2v) is 5.42. The number of hydrogen-bond donors (Lipinski definition) is 3. The molecule has 0 radical (unpaired) electrons. The van der Waals surface area contributed by atoms with E-state index in [2.05, 4.69) is 25.2 Å². The van der Waals surface area contributed by atoms with E-state index in [0.29, 0.717) is 19.1 Å². The van der Waals surface area contributed by atoms with Gasteiger partial charge in [-0.15, -0.1) is 0 Å². The molecule has 0 aromatic heterocycles. The first kappa shape index (κ1) is 15.0. The molecule has 0 unspecified atom stereocenters. The molecule has 0 saturated carbocycles. The highest BCUT2D eigenvalue weighted by atomic mass is 16.5. The van der Waals surface area contributed by atoms with E-state index < -0.39 is 24.2 Å². The highest BCUT2D eigenvalue weighted by molar-refractivity contribution is 5.74. The van der Waals surface area contributed by atoms with Gasteiger partial charge in [0.25, 0.3) is 0 Å². The minimum absolute atomic E-state index is 0.349. The van der Waals surface area contributed by atoms with E-state index in [1.54, 1.807) is 0 Å². The summed E-state index contributed by atoms with van der Waals surface area (Å²) in [4.78, 5) is 10.9. The molecule has 2 rings (SSSR count). The molecular weight excluding hydrogens is 258 g/mol. The molecule has 1 aliphatic rings. The minimum Gasteiger partial charge on any atom is -0.480 e. The Morgan fingerprint density at radius 2 is 2.15 bits per heavy atom. The lowest BCUT2D eigenvalue weighted by Gasteiger charge is -2.18. The minimum atomic E-state index is -1.05. The van der Waals surface area contributed by atoms with Crippen molar-refractivity contribution >= 4 is 5.97 Å². The maximum Gasteiger partial charge on any atom is 0.323 e. The van der Waals surface area contributed by atoms with E-state index in [1.807, 2.05) is 18.2 Å². The number of aliphatic hydroxyl groups is 1. The summed E-state index contributed by atoms with van der Waals surface area (Å²) in [5, 5.41) is 21.6. The van der Waals surface area contributed by atoms with Crippen molar-refractivity contribution in [1.29, 1.82) is 0 Å². The zero-order chi connectivity index (χ0) is 14.7. The van der Waals surface area contributed by atoms with Crippen LogP contribution in [0.3, 0.4) is 0 Å². The second-order valence-electron chi connectivity index (χ2n) is 5.42. The molecule has 1 aliphatic heterocycles. The van der Waals surface area contributed by atoms with Crippen LogP contribution in [0.1, 0.15) is 30.9 Å². The van der Waals surface area contributed by atoms with Gasteiger partial charge in [0, 0.05) is 6.54 Å². The van der Waals surface area contributed by atoms with Crippen molar-refractivity contribution in [2.24, 2.45) is 0 Å². The Hall–Kier alpha value is -1.43. The summed E-state index contributed by atoms with van der Waals surface area (Å²) in [5.74, 6) is -0.653. The normalized spacial score (nSPS) is 26.1. The summed E-state index contributed by atoms with van der Waals surface area (Å²) in [5.41, 5.74) is 2.29. The third-order valence-corrected chi connectivity index (χ3v) is 3.66. The number of hydrogen-bond acceptors (Lipinski definition) is 4. The fourth-order valence-corrected chi connectivity index (χ4v) is 2.52. The first-order chi connectivity index (χ1) is 9.50. The Balaban J connectivity index is 1.98. The fraction of sp³-hybridized carbons (Fsp3) is 0.533. The van der Waals surface area contributed by atoms with E-state index in [-0.39, 0.29) is 0 Å². The average Bonchev–Trinajstić information content (AvgIpc) is 2.78. The van der Waals surface area contributed by atoms with Gasteiger partial charge in [0.1, 0.15) is 12.1 Å². The number of carbonyl (C=O) groups is 1. The van der Waals surface area contributed by atoms with Gasteiger partial charge in [0.15, 0.2) is 0 Å². The Morgan fingerprint density at radius 1 is 1.45 bits per heavy atom. The third kappa shape index (κ3) is 3.17. The number of benzene rings is 1. The molecule has 3 atom stereocenters. The molecule has 1 heterocycles. The maximum absolute atomic E-state index is 10.9. The van der Waals surface area contributed by atoms with Crippen molar-refractivity contribution in [2.75, 3.05) is 6.54 Å². The molecule has 0 aliphatic carbocycles. The van der Waals surface area contributed by atoms with Crippen LogP contribution in [0.2, 0.25) is 0 Å². The topological polar surface area (TPSA) is 78.8 Å². The summed E-state index contributed by atoms with van der Waals surface area (Å²) >= 11 is 0. The standard InChI is InChI=1S/C15H21NO4/c1-9(2)11-6-4-3-5-10(11)8-20-12-7-16-13(14(12)17)15(18)19/h3-6,9,12-14,16-17H,7-8H2,1-2H3,(H,18,19)/t12-,13-,14+/m0/s1. The van der Waals surface area contributed by atoms with E-state index in [0.717, 1.165) is 5.56 Å². The molecule has 1 aromatic carbocycles. The number of carboxylic acid groups (broad SMARTS) is 1. The molecule has 1 fully saturated rings. The molecule has 0 bridgehead atoms. The largest absolute Gasteiger partial charge is 0.480 e. The van der Waals surface area contributed by atoms with E-state index >= 15 is 0 Å². The smallest absolute Gasteiger partial charge is 0.323 e. The van der Waals surface area contributed by atoms with Crippen molar-refractivity contribution in [3.63, 3.8) is 0 Å². The molecule has 5 nitrogen and oxygen atoms in total. The van der Waals surface area contributed by atoms with Gasteiger partial charge in [0.05, 0.1) is 12.7 Å². The lowest BCUT2D eigenvalue weighted by atomic mass is 9.98. The van der Waals surface area contributed by atoms with Crippen LogP contribution in [-0.4, -0.2) is 41.0 Å². The summed E-state index contributed by atoms with van der Waals surface area (Å²) in [6.45, 7) is 4.96. The molecule has 0 amide bonds. The van der Waals surface area contributed by atoms with E-state index in [9.17, 15) is 9.90 Å². The SMILES string of the molecule is CC(C)c1ccccc1CO[C@H]1CN[C@H](C(=O)O)[C@@H]1O. The summed E-state index contributed by atoms with van der Waals surface area (Å²) in [7, 11) is 0. The second kappa shape index (κ2) is 6.35. The molecule has 1 aromatic rings. The molecule has 0 spiro atoms. The van der Waals surface area contributed by atoms with Gasteiger partial charge in [0.2, 0.25) is 0 Å². The van der Waals surface area contributed by atoms with Gasteiger partial charge in [-0.3, -0.25) is 10.1 Å². The zero-order valence-electron chi connectivity index (χ0n) is 11.7. The van der Waals surface area contributed by atoms with Crippen molar-refractivity contribution in [1.82, 2.24) is 5.32 Å². The number of nitrogens with one attached hydrogen (secondary N) is 1. The molecule has 20 heavy (non-hydrogen) atoms. The summed E-state index contributed by atoms with van der Waals surface area (Å²) < 4.78 is 5.70. The third-order valence-electron chi connectivity index (χ3n) is 3.66. The molecule has 1 saturated heterocycles. The van der Waals surface area contributed by atoms with Crippen LogP contribution < -0.4 is 5.32 Å². The monoisotopic (exact) mass is 279 g/mol. The van der Waals surface area contributed by atoms with Crippen LogP contribution in [0.25, 0.3) is 0 Å². The zero-order valence-corrected chi connectivity index (χ0v) is 11.7. The Kier molecular flexibility index (Phi) is 4.75. The fourth-order valence-electron chi connectivity index (χ4n) is 2.52. The predicted octanol–water partition coefficient (Wildman–Crippen LogP) is 1.11. The maximum atomic E-state index is 10.9. The molecule has 110 valence electrons. The first-order valence-corrected chi connectivity index (χ1v) is 6.84. The highest BCUT2D eigenvalue weighted by Gasteiger charge is 2.39. The molecule has 3 N–H and O–H groups in total. The van der Waals surface area contributed by atoms with E-state index in [1.165, 1.54) is 5.56 Å². The summed E-state index contributed by atoms with van der Waals surface area (Å²) in [6.07, 6.45) is -1.50. The van der Waals surface area contributed by atoms with Crippen molar-refractivity contribution in [3.8, 4) is 0 Å². The molecular formula is C15H21NO4.